The lowest BCUT2D eigenvalue weighted by Gasteiger charge is -2.48. The monoisotopic (exact) mass is 288 g/mol. The first-order chi connectivity index (χ1) is 10.1. The fraction of sp³-hybridized carbons (Fsp3) is 0.667. The molecule has 2 fully saturated rings. The van der Waals surface area contributed by atoms with E-state index in [1.54, 1.807) is 0 Å². The van der Waals surface area contributed by atoms with E-state index in [1.165, 1.54) is 30.5 Å². The Morgan fingerprint density at radius 1 is 1.29 bits per heavy atom. The van der Waals surface area contributed by atoms with E-state index in [0.29, 0.717) is 5.92 Å². The Hall–Kier alpha value is -1.06. The van der Waals surface area contributed by atoms with Crippen LogP contribution in [0.1, 0.15) is 57.1 Å². The number of hydrogen-bond acceptors (Lipinski definition) is 3. The van der Waals surface area contributed by atoms with Crippen molar-refractivity contribution in [2.75, 3.05) is 18.0 Å². The summed E-state index contributed by atoms with van der Waals surface area (Å²) in [6.45, 7) is 4.08. The standard InChI is InChI=1S/C18H28N2O/c1-2-17(19)14-6-8-16(9-7-14)20-12-11-18(21)10-4-3-5-15(18)13-20/h6-9,15,17,21H,2-5,10-13,19H2,1H3/t15?,17-,18?/m0/s1. The van der Waals surface area contributed by atoms with Crippen LogP contribution in [0.15, 0.2) is 24.3 Å². The SMILES string of the molecule is CC[C@H](N)c1ccc(N2CCC3(O)CCCCC3C2)cc1. The zero-order valence-electron chi connectivity index (χ0n) is 13.1. The summed E-state index contributed by atoms with van der Waals surface area (Å²) in [7, 11) is 0. The van der Waals surface area contributed by atoms with Gasteiger partial charge in [-0.1, -0.05) is 31.9 Å². The summed E-state index contributed by atoms with van der Waals surface area (Å²) in [6, 6.07) is 8.84. The Bertz CT molecular complexity index is 473. The third-order valence-electron chi connectivity index (χ3n) is 5.55. The third-order valence-corrected chi connectivity index (χ3v) is 5.55. The summed E-state index contributed by atoms with van der Waals surface area (Å²) < 4.78 is 0. The molecule has 0 spiro atoms. The number of nitrogens with two attached hydrogens (primary N) is 1. The lowest BCUT2D eigenvalue weighted by Crippen LogP contribution is -2.53. The van der Waals surface area contributed by atoms with Crippen molar-refractivity contribution in [3.8, 4) is 0 Å². The van der Waals surface area contributed by atoms with Gasteiger partial charge in [-0.2, -0.15) is 0 Å². The maximum absolute atomic E-state index is 10.8. The molecule has 3 nitrogen and oxygen atoms in total. The first-order valence-corrected chi connectivity index (χ1v) is 8.45. The van der Waals surface area contributed by atoms with Crippen LogP contribution in [-0.2, 0) is 0 Å². The highest BCUT2D eigenvalue weighted by molar-refractivity contribution is 5.48. The van der Waals surface area contributed by atoms with Crippen molar-refractivity contribution in [2.24, 2.45) is 11.7 Å². The van der Waals surface area contributed by atoms with Crippen molar-refractivity contribution in [1.29, 1.82) is 0 Å². The van der Waals surface area contributed by atoms with Gasteiger partial charge in [0.05, 0.1) is 5.60 Å². The molecular weight excluding hydrogens is 260 g/mol. The Balaban J connectivity index is 1.70. The van der Waals surface area contributed by atoms with Gasteiger partial charge in [-0.05, 0) is 43.4 Å². The lowest BCUT2D eigenvalue weighted by atomic mass is 9.71. The fourth-order valence-corrected chi connectivity index (χ4v) is 3.97. The minimum Gasteiger partial charge on any atom is -0.389 e. The van der Waals surface area contributed by atoms with Crippen molar-refractivity contribution in [2.45, 2.75) is 57.1 Å². The molecule has 3 atom stereocenters. The number of rotatable bonds is 3. The number of benzene rings is 1. The highest BCUT2D eigenvalue weighted by Gasteiger charge is 2.42. The number of fused-ring (bicyclic) bond motifs is 1. The van der Waals surface area contributed by atoms with E-state index < -0.39 is 0 Å². The van der Waals surface area contributed by atoms with Gasteiger partial charge in [-0.15, -0.1) is 0 Å². The van der Waals surface area contributed by atoms with Crippen molar-refractivity contribution in [3.05, 3.63) is 29.8 Å². The van der Waals surface area contributed by atoms with E-state index in [9.17, 15) is 5.11 Å². The molecule has 0 radical (unpaired) electrons. The van der Waals surface area contributed by atoms with Crippen LogP contribution in [0.5, 0.6) is 0 Å². The second-order valence-electron chi connectivity index (χ2n) is 6.85. The van der Waals surface area contributed by atoms with Crippen LogP contribution in [0.4, 0.5) is 5.69 Å². The van der Waals surface area contributed by atoms with Gasteiger partial charge in [0.2, 0.25) is 0 Å². The molecule has 1 aromatic carbocycles. The summed E-state index contributed by atoms with van der Waals surface area (Å²) in [5.74, 6) is 0.442. The maximum atomic E-state index is 10.8. The van der Waals surface area contributed by atoms with Gasteiger partial charge >= 0.3 is 0 Å². The van der Waals surface area contributed by atoms with Crippen LogP contribution in [0.3, 0.4) is 0 Å². The maximum Gasteiger partial charge on any atom is 0.0709 e. The van der Waals surface area contributed by atoms with E-state index in [0.717, 1.165) is 32.4 Å². The highest BCUT2D eigenvalue weighted by atomic mass is 16.3. The fourth-order valence-electron chi connectivity index (χ4n) is 3.97. The molecule has 2 unspecified atom stereocenters. The molecule has 2 aliphatic rings. The van der Waals surface area contributed by atoms with Gasteiger partial charge in [-0.25, -0.2) is 0 Å². The smallest absolute Gasteiger partial charge is 0.0709 e. The zero-order valence-corrected chi connectivity index (χ0v) is 13.1. The molecule has 0 bridgehead atoms. The van der Waals surface area contributed by atoms with Crippen LogP contribution in [-0.4, -0.2) is 23.8 Å². The second kappa shape index (κ2) is 5.98. The number of anilines is 1. The summed E-state index contributed by atoms with van der Waals surface area (Å²) >= 11 is 0. The summed E-state index contributed by atoms with van der Waals surface area (Å²) in [6.07, 6.45) is 6.51. The quantitative estimate of drug-likeness (QED) is 0.898. The topological polar surface area (TPSA) is 49.5 Å². The molecule has 0 aromatic heterocycles. The number of nitrogens with zero attached hydrogens (tertiary/aromatic N) is 1. The van der Waals surface area contributed by atoms with Gasteiger partial charge in [0.15, 0.2) is 0 Å². The number of aliphatic hydroxyl groups is 1. The normalized spacial score (nSPS) is 30.8. The van der Waals surface area contributed by atoms with Gasteiger partial charge in [0.25, 0.3) is 0 Å². The van der Waals surface area contributed by atoms with Crippen molar-refractivity contribution >= 4 is 5.69 Å². The molecule has 3 N–H and O–H groups in total. The molecule has 1 saturated carbocycles. The molecule has 1 heterocycles. The number of piperidine rings is 1. The zero-order chi connectivity index (χ0) is 14.9. The van der Waals surface area contributed by atoms with Crippen LogP contribution in [0.25, 0.3) is 0 Å². The summed E-state index contributed by atoms with van der Waals surface area (Å²) in [4.78, 5) is 2.44. The van der Waals surface area contributed by atoms with Gasteiger partial charge < -0.3 is 15.7 Å². The molecule has 0 amide bonds. The Morgan fingerprint density at radius 2 is 2.05 bits per heavy atom. The predicted octanol–water partition coefficient (Wildman–Crippen LogP) is 3.23. The van der Waals surface area contributed by atoms with E-state index in [2.05, 4.69) is 36.1 Å². The van der Waals surface area contributed by atoms with Crippen molar-refractivity contribution < 1.29 is 5.11 Å². The average molecular weight is 288 g/mol. The third kappa shape index (κ3) is 2.95. The van der Waals surface area contributed by atoms with E-state index in [1.807, 2.05) is 0 Å². The van der Waals surface area contributed by atoms with Crippen LogP contribution in [0, 0.1) is 5.92 Å². The van der Waals surface area contributed by atoms with Crippen LogP contribution in [0.2, 0.25) is 0 Å². The Morgan fingerprint density at radius 3 is 2.76 bits per heavy atom. The molecule has 21 heavy (non-hydrogen) atoms. The van der Waals surface area contributed by atoms with Crippen molar-refractivity contribution in [3.63, 3.8) is 0 Å². The van der Waals surface area contributed by atoms with Gasteiger partial charge in [0, 0.05) is 30.7 Å². The highest BCUT2D eigenvalue weighted by Crippen LogP contribution is 2.40. The minimum absolute atomic E-state index is 0.142. The lowest BCUT2D eigenvalue weighted by molar-refractivity contribution is -0.0612. The molecular formula is C18H28N2O. The molecule has 116 valence electrons. The van der Waals surface area contributed by atoms with E-state index in [4.69, 9.17) is 5.73 Å². The van der Waals surface area contributed by atoms with Crippen LogP contribution >= 0.6 is 0 Å². The first kappa shape index (κ1) is 14.9. The molecule has 3 heteroatoms. The van der Waals surface area contributed by atoms with Gasteiger partial charge in [0.1, 0.15) is 0 Å². The summed E-state index contributed by atoms with van der Waals surface area (Å²) in [5, 5.41) is 10.8. The van der Waals surface area contributed by atoms with E-state index >= 15 is 0 Å². The summed E-state index contributed by atoms with van der Waals surface area (Å²) in [5.41, 5.74) is 8.18. The predicted molar refractivity (Wildman–Crippen MR) is 87.4 cm³/mol. The molecule has 1 aliphatic heterocycles. The van der Waals surface area contributed by atoms with Crippen LogP contribution < -0.4 is 10.6 Å². The van der Waals surface area contributed by atoms with Crippen molar-refractivity contribution in [1.82, 2.24) is 0 Å². The molecule has 1 aromatic rings. The molecule has 1 saturated heterocycles. The Labute approximate surface area is 128 Å². The molecule has 3 rings (SSSR count). The van der Waals surface area contributed by atoms with Gasteiger partial charge in [-0.3, -0.25) is 0 Å². The minimum atomic E-state index is -0.390. The Kier molecular flexibility index (Phi) is 4.23. The largest absolute Gasteiger partial charge is 0.389 e. The number of hydrogen-bond donors (Lipinski definition) is 2. The second-order valence-corrected chi connectivity index (χ2v) is 6.85. The molecule has 1 aliphatic carbocycles. The van der Waals surface area contributed by atoms with E-state index in [-0.39, 0.29) is 11.6 Å². The average Bonchev–Trinajstić information content (AvgIpc) is 2.53. The first-order valence-electron chi connectivity index (χ1n) is 8.45.